The van der Waals surface area contributed by atoms with Gasteiger partial charge in [-0.25, -0.2) is 4.79 Å². The molecule has 0 aliphatic rings. The molecule has 7 heteroatoms. The van der Waals surface area contributed by atoms with E-state index < -0.39 is 17.9 Å². The van der Waals surface area contributed by atoms with Gasteiger partial charge in [-0.05, 0) is 36.8 Å². The van der Waals surface area contributed by atoms with Gasteiger partial charge in [0.25, 0.3) is 0 Å². The van der Waals surface area contributed by atoms with Crippen molar-refractivity contribution >= 4 is 28.7 Å². The number of hydrogen-bond acceptors (Lipinski definition) is 3. The number of aliphatic carboxylic acids is 1. The summed E-state index contributed by atoms with van der Waals surface area (Å²) in [5.74, 6) is -1.68. The summed E-state index contributed by atoms with van der Waals surface area (Å²) in [6.45, 7) is 5.57. The Labute approximate surface area is 158 Å². The molecule has 0 bridgehead atoms. The summed E-state index contributed by atoms with van der Waals surface area (Å²) in [6, 6.07) is 5.08. The van der Waals surface area contributed by atoms with E-state index in [1.165, 1.54) is 0 Å². The number of fused-ring (bicyclic) bond motifs is 1. The Kier molecular flexibility index (Phi) is 6.98. The number of carbonyl (C=O) groups excluding carboxylic acids is 2. The molecular formula is C20H27N3O4. The lowest BCUT2D eigenvalue weighted by molar-refractivity contribution is -0.142. The molecule has 2 aromatic rings. The van der Waals surface area contributed by atoms with E-state index in [0.717, 1.165) is 22.0 Å². The first-order chi connectivity index (χ1) is 12.8. The highest BCUT2D eigenvalue weighted by molar-refractivity contribution is 5.89. The lowest BCUT2D eigenvalue weighted by Crippen LogP contribution is -2.46. The fraction of sp³-hybridized carbons (Fsp3) is 0.450. The molecule has 7 nitrogen and oxygen atoms in total. The third-order valence-electron chi connectivity index (χ3n) is 4.42. The van der Waals surface area contributed by atoms with Crippen LogP contribution in [0.1, 0.15) is 37.8 Å². The second-order valence-electron chi connectivity index (χ2n) is 7.18. The molecule has 1 aromatic carbocycles. The van der Waals surface area contributed by atoms with Gasteiger partial charge in [-0.1, -0.05) is 32.0 Å². The maximum Gasteiger partial charge on any atom is 0.326 e. The molecule has 2 rings (SSSR count). The fourth-order valence-electron chi connectivity index (χ4n) is 3.02. The summed E-state index contributed by atoms with van der Waals surface area (Å²) >= 11 is 0. The van der Waals surface area contributed by atoms with Crippen LogP contribution >= 0.6 is 0 Å². The Morgan fingerprint density at radius 2 is 1.93 bits per heavy atom. The van der Waals surface area contributed by atoms with Crippen molar-refractivity contribution in [3.8, 4) is 0 Å². The summed E-state index contributed by atoms with van der Waals surface area (Å²) in [6.07, 6.45) is 3.06. The number of carboxylic acid groups (broad SMARTS) is 1. The number of aromatic amines is 1. The largest absolute Gasteiger partial charge is 0.480 e. The van der Waals surface area contributed by atoms with Gasteiger partial charge in [-0.2, -0.15) is 0 Å². The van der Waals surface area contributed by atoms with Crippen LogP contribution in [0.15, 0.2) is 24.4 Å². The maximum atomic E-state index is 12.0. The molecule has 0 saturated heterocycles. The highest BCUT2D eigenvalue weighted by Gasteiger charge is 2.21. The highest BCUT2D eigenvalue weighted by atomic mass is 16.4. The third-order valence-corrected chi connectivity index (χ3v) is 4.42. The summed E-state index contributed by atoms with van der Waals surface area (Å²) in [5, 5.41) is 15.2. The van der Waals surface area contributed by atoms with Gasteiger partial charge in [0.1, 0.15) is 6.04 Å². The summed E-state index contributed by atoms with van der Waals surface area (Å²) < 4.78 is 0. The summed E-state index contributed by atoms with van der Waals surface area (Å²) in [7, 11) is 0. The average Bonchev–Trinajstić information content (AvgIpc) is 3.01. The molecule has 0 spiro atoms. The average molecular weight is 373 g/mol. The summed E-state index contributed by atoms with van der Waals surface area (Å²) in [5.41, 5.74) is 3.27. The van der Waals surface area contributed by atoms with Crippen molar-refractivity contribution in [2.24, 2.45) is 5.92 Å². The normalized spacial score (nSPS) is 12.1. The first-order valence-corrected chi connectivity index (χ1v) is 9.12. The van der Waals surface area contributed by atoms with Gasteiger partial charge < -0.3 is 20.7 Å². The number of carboxylic acids is 1. The van der Waals surface area contributed by atoms with Crippen molar-refractivity contribution in [1.29, 1.82) is 0 Å². The first-order valence-electron chi connectivity index (χ1n) is 9.12. The molecule has 0 radical (unpaired) electrons. The lowest BCUT2D eigenvalue weighted by atomic mass is 10.0. The predicted octanol–water partition coefficient (Wildman–Crippen LogP) is 2.14. The second-order valence-corrected chi connectivity index (χ2v) is 7.18. The SMILES string of the molecule is Cc1cccc2c(CCC(=O)NCC(=O)N[C@@H](CC(C)C)C(=O)O)c[nH]c12. The Morgan fingerprint density at radius 3 is 2.59 bits per heavy atom. The van der Waals surface area contributed by atoms with Crippen molar-refractivity contribution in [1.82, 2.24) is 15.6 Å². The van der Waals surface area contributed by atoms with E-state index in [2.05, 4.69) is 15.6 Å². The molecule has 1 heterocycles. The third kappa shape index (κ3) is 5.84. The molecule has 0 fully saturated rings. The van der Waals surface area contributed by atoms with Gasteiger partial charge in [-0.3, -0.25) is 9.59 Å². The van der Waals surface area contributed by atoms with Crippen LogP contribution in [0.2, 0.25) is 0 Å². The number of nitrogens with one attached hydrogen (secondary N) is 3. The quantitative estimate of drug-likeness (QED) is 0.539. The molecule has 0 unspecified atom stereocenters. The lowest BCUT2D eigenvalue weighted by Gasteiger charge is -2.16. The smallest absolute Gasteiger partial charge is 0.326 e. The van der Waals surface area contributed by atoms with E-state index in [4.69, 9.17) is 5.11 Å². The van der Waals surface area contributed by atoms with Gasteiger partial charge in [-0.15, -0.1) is 0 Å². The minimum Gasteiger partial charge on any atom is -0.480 e. The molecule has 0 aliphatic heterocycles. The number of H-pyrrole nitrogens is 1. The number of hydrogen-bond donors (Lipinski definition) is 4. The number of benzene rings is 1. The van der Waals surface area contributed by atoms with Crippen molar-refractivity contribution in [3.05, 3.63) is 35.5 Å². The minimum absolute atomic E-state index is 0.140. The van der Waals surface area contributed by atoms with E-state index in [1.807, 2.05) is 45.2 Å². The summed E-state index contributed by atoms with van der Waals surface area (Å²) in [4.78, 5) is 38.3. The molecule has 1 aromatic heterocycles. The first kappa shape index (κ1) is 20.5. The Morgan fingerprint density at radius 1 is 1.19 bits per heavy atom. The van der Waals surface area contributed by atoms with Gasteiger partial charge in [0.2, 0.25) is 11.8 Å². The monoisotopic (exact) mass is 373 g/mol. The zero-order valence-corrected chi connectivity index (χ0v) is 16.0. The maximum absolute atomic E-state index is 12.0. The molecule has 0 aliphatic carbocycles. The molecule has 4 N–H and O–H groups in total. The number of aromatic nitrogens is 1. The van der Waals surface area contributed by atoms with Gasteiger partial charge in [0.15, 0.2) is 0 Å². The van der Waals surface area contributed by atoms with Crippen molar-refractivity contribution in [2.45, 2.75) is 46.1 Å². The molecule has 2 amide bonds. The Balaban J connectivity index is 1.81. The zero-order valence-electron chi connectivity index (χ0n) is 16.0. The minimum atomic E-state index is -1.07. The van der Waals surface area contributed by atoms with Crippen molar-refractivity contribution in [2.75, 3.05) is 6.54 Å². The topological polar surface area (TPSA) is 111 Å². The van der Waals surface area contributed by atoms with Gasteiger partial charge in [0, 0.05) is 23.5 Å². The number of carbonyl (C=O) groups is 3. The van der Waals surface area contributed by atoms with E-state index in [0.29, 0.717) is 12.8 Å². The standard InChI is InChI=1S/C20H27N3O4/c1-12(2)9-16(20(26)27)23-18(25)11-21-17(24)8-7-14-10-22-19-13(3)5-4-6-15(14)19/h4-6,10,12,16,22H,7-9,11H2,1-3H3,(H,21,24)(H,23,25)(H,26,27)/t16-/m0/s1. The predicted molar refractivity (Wildman–Crippen MR) is 103 cm³/mol. The van der Waals surface area contributed by atoms with E-state index in [-0.39, 0.29) is 24.8 Å². The number of amides is 2. The molecule has 27 heavy (non-hydrogen) atoms. The van der Waals surface area contributed by atoms with Gasteiger partial charge in [0.05, 0.1) is 6.54 Å². The van der Waals surface area contributed by atoms with E-state index in [1.54, 1.807) is 0 Å². The van der Waals surface area contributed by atoms with Crippen LogP contribution in [0.5, 0.6) is 0 Å². The van der Waals surface area contributed by atoms with Crippen LogP contribution in [-0.2, 0) is 20.8 Å². The van der Waals surface area contributed by atoms with Crippen molar-refractivity contribution < 1.29 is 19.5 Å². The van der Waals surface area contributed by atoms with Crippen LogP contribution in [0.3, 0.4) is 0 Å². The number of para-hydroxylation sites is 1. The molecule has 146 valence electrons. The number of rotatable bonds is 9. The molecular weight excluding hydrogens is 346 g/mol. The van der Waals surface area contributed by atoms with Gasteiger partial charge >= 0.3 is 5.97 Å². The Hall–Kier alpha value is -2.83. The van der Waals surface area contributed by atoms with Crippen LogP contribution in [0.4, 0.5) is 0 Å². The van der Waals surface area contributed by atoms with Crippen LogP contribution < -0.4 is 10.6 Å². The highest BCUT2D eigenvalue weighted by Crippen LogP contribution is 2.22. The Bertz CT molecular complexity index is 826. The van der Waals surface area contributed by atoms with Crippen LogP contribution in [0.25, 0.3) is 10.9 Å². The van der Waals surface area contributed by atoms with E-state index in [9.17, 15) is 14.4 Å². The van der Waals surface area contributed by atoms with E-state index >= 15 is 0 Å². The van der Waals surface area contributed by atoms with Crippen LogP contribution in [0, 0.1) is 12.8 Å². The van der Waals surface area contributed by atoms with Crippen molar-refractivity contribution in [3.63, 3.8) is 0 Å². The number of aryl methyl sites for hydroxylation is 2. The second kappa shape index (κ2) is 9.21. The molecule has 0 saturated carbocycles. The van der Waals surface area contributed by atoms with Crippen LogP contribution in [-0.4, -0.2) is 40.5 Å². The fourth-order valence-corrected chi connectivity index (χ4v) is 3.02. The molecule has 1 atom stereocenters. The zero-order chi connectivity index (χ0) is 20.0.